The largest absolute Gasteiger partial charge is 0.326 e. The van der Waals surface area contributed by atoms with Crippen LogP contribution < -0.4 is 10.6 Å². The molecule has 4 nitrogen and oxygen atoms in total. The number of carbonyl (C=O) groups is 2. The van der Waals surface area contributed by atoms with Crippen molar-refractivity contribution < 1.29 is 9.59 Å². The zero-order valence-electron chi connectivity index (χ0n) is 8.98. The number of benzene rings is 1. The van der Waals surface area contributed by atoms with Gasteiger partial charge in [-0.15, -0.1) is 0 Å². The molecule has 0 unspecified atom stereocenters. The Bertz CT molecular complexity index is 396. The average molecular weight is 218 g/mol. The molecule has 2 rings (SSSR count). The van der Waals surface area contributed by atoms with E-state index in [1.165, 1.54) is 4.90 Å². The number of rotatable bonds is 2. The summed E-state index contributed by atoms with van der Waals surface area (Å²) in [7, 11) is 0. The summed E-state index contributed by atoms with van der Waals surface area (Å²) in [5, 5.41) is 0. The molecule has 0 atom stereocenters. The minimum atomic E-state index is -0.114. The topological polar surface area (TPSA) is 63.4 Å². The summed E-state index contributed by atoms with van der Waals surface area (Å²) in [6.45, 7) is 0.460. The lowest BCUT2D eigenvalue weighted by molar-refractivity contribution is -0.129. The number of carbonyl (C=O) groups excluding carboxylic acids is 2. The van der Waals surface area contributed by atoms with Crippen LogP contribution in [0.25, 0.3) is 0 Å². The van der Waals surface area contributed by atoms with E-state index in [2.05, 4.69) is 0 Å². The van der Waals surface area contributed by atoms with Gasteiger partial charge in [-0.05, 0) is 24.1 Å². The summed E-state index contributed by atoms with van der Waals surface area (Å²) in [5.74, 6) is -0.228. The minimum Gasteiger partial charge on any atom is -0.326 e. The van der Waals surface area contributed by atoms with E-state index in [1.807, 2.05) is 12.1 Å². The molecule has 0 bridgehead atoms. The van der Waals surface area contributed by atoms with Crippen molar-refractivity contribution in [2.24, 2.45) is 5.73 Å². The van der Waals surface area contributed by atoms with E-state index in [9.17, 15) is 9.59 Å². The first-order valence-electron chi connectivity index (χ1n) is 5.37. The van der Waals surface area contributed by atoms with Crippen molar-refractivity contribution >= 4 is 17.5 Å². The maximum atomic E-state index is 11.6. The van der Waals surface area contributed by atoms with Gasteiger partial charge in [-0.25, -0.2) is 0 Å². The molecule has 0 saturated carbocycles. The van der Waals surface area contributed by atoms with Crippen molar-refractivity contribution in [1.29, 1.82) is 0 Å². The van der Waals surface area contributed by atoms with Gasteiger partial charge in [-0.1, -0.05) is 12.1 Å². The van der Waals surface area contributed by atoms with E-state index < -0.39 is 0 Å². The standard InChI is InChI=1S/C12H14N2O2/c13-8-9-4-6-10(7-5-9)14-11(15)2-1-3-12(14)16/h4-7H,1-3,8,13H2. The zero-order chi connectivity index (χ0) is 11.5. The molecule has 1 heterocycles. The van der Waals surface area contributed by atoms with E-state index in [0.29, 0.717) is 31.5 Å². The van der Waals surface area contributed by atoms with E-state index >= 15 is 0 Å². The molecule has 1 fully saturated rings. The lowest BCUT2D eigenvalue weighted by atomic mass is 10.1. The highest BCUT2D eigenvalue weighted by Gasteiger charge is 2.26. The van der Waals surface area contributed by atoms with Crippen LogP contribution in [0.4, 0.5) is 5.69 Å². The summed E-state index contributed by atoms with van der Waals surface area (Å²) >= 11 is 0. The molecule has 1 aliphatic rings. The Hall–Kier alpha value is -1.68. The fraction of sp³-hybridized carbons (Fsp3) is 0.333. The van der Waals surface area contributed by atoms with Crippen LogP contribution >= 0.6 is 0 Å². The number of hydrogen-bond donors (Lipinski definition) is 1. The first-order chi connectivity index (χ1) is 7.72. The number of amides is 2. The minimum absolute atomic E-state index is 0.114. The average Bonchev–Trinajstić information content (AvgIpc) is 2.30. The smallest absolute Gasteiger partial charge is 0.233 e. The molecule has 16 heavy (non-hydrogen) atoms. The van der Waals surface area contributed by atoms with Gasteiger partial charge in [0.15, 0.2) is 0 Å². The Morgan fingerprint density at radius 2 is 1.62 bits per heavy atom. The van der Waals surface area contributed by atoms with E-state index in [-0.39, 0.29) is 11.8 Å². The highest BCUT2D eigenvalue weighted by molar-refractivity contribution is 6.16. The zero-order valence-corrected chi connectivity index (χ0v) is 8.98. The molecular formula is C12H14N2O2. The van der Waals surface area contributed by atoms with Crippen molar-refractivity contribution in [3.8, 4) is 0 Å². The summed E-state index contributed by atoms with van der Waals surface area (Å²) in [6, 6.07) is 7.21. The Balaban J connectivity index is 2.27. The third-order valence-electron chi connectivity index (χ3n) is 2.71. The lowest BCUT2D eigenvalue weighted by Crippen LogP contribution is -2.40. The van der Waals surface area contributed by atoms with Gasteiger partial charge >= 0.3 is 0 Å². The normalized spacial score (nSPS) is 16.7. The quantitative estimate of drug-likeness (QED) is 0.758. The molecule has 4 heteroatoms. The van der Waals surface area contributed by atoms with Crippen molar-refractivity contribution in [2.75, 3.05) is 4.90 Å². The Morgan fingerprint density at radius 1 is 1.06 bits per heavy atom. The van der Waals surface area contributed by atoms with Crippen LogP contribution in [0.2, 0.25) is 0 Å². The second-order valence-electron chi connectivity index (χ2n) is 3.85. The highest BCUT2D eigenvalue weighted by atomic mass is 16.2. The summed E-state index contributed by atoms with van der Waals surface area (Å²) in [6.07, 6.45) is 1.56. The van der Waals surface area contributed by atoms with Crippen LogP contribution in [-0.4, -0.2) is 11.8 Å². The van der Waals surface area contributed by atoms with E-state index in [1.54, 1.807) is 12.1 Å². The monoisotopic (exact) mass is 218 g/mol. The molecule has 1 aliphatic heterocycles. The third kappa shape index (κ3) is 1.97. The maximum absolute atomic E-state index is 11.6. The molecule has 0 aliphatic carbocycles. The molecule has 2 N–H and O–H groups in total. The third-order valence-corrected chi connectivity index (χ3v) is 2.71. The Morgan fingerprint density at radius 3 is 2.12 bits per heavy atom. The van der Waals surface area contributed by atoms with E-state index in [0.717, 1.165) is 5.56 Å². The molecule has 84 valence electrons. The molecular weight excluding hydrogens is 204 g/mol. The second-order valence-corrected chi connectivity index (χ2v) is 3.85. The number of nitrogens with zero attached hydrogens (tertiary/aromatic N) is 1. The fourth-order valence-electron chi connectivity index (χ4n) is 1.82. The summed E-state index contributed by atoms with van der Waals surface area (Å²) < 4.78 is 0. The van der Waals surface area contributed by atoms with Gasteiger partial charge in [0.2, 0.25) is 11.8 Å². The van der Waals surface area contributed by atoms with Crippen LogP contribution in [0.5, 0.6) is 0 Å². The highest BCUT2D eigenvalue weighted by Crippen LogP contribution is 2.22. The number of hydrogen-bond acceptors (Lipinski definition) is 3. The SMILES string of the molecule is NCc1ccc(N2C(=O)CCCC2=O)cc1. The van der Waals surface area contributed by atoms with Gasteiger partial charge in [-0.3, -0.25) is 14.5 Å². The van der Waals surface area contributed by atoms with Gasteiger partial charge < -0.3 is 5.73 Å². The van der Waals surface area contributed by atoms with Crippen LogP contribution in [-0.2, 0) is 16.1 Å². The van der Waals surface area contributed by atoms with Crippen molar-refractivity contribution in [3.05, 3.63) is 29.8 Å². The first kappa shape index (κ1) is 10.8. The Kier molecular flexibility index (Phi) is 3.01. The maximum Gasteiger partial charge on any atom is 0.233 e. The Labute approximate surface area is 94.0 Å². The number of imide groups is 1. The second kappa shape index (κ2) is 4.45. The molecule has 1 saturated heterocycles. The van der Waals surface area contributed by atoms with Gasteiger partial charge in [-0.2, -0.15) is 0 Å². The number of anilines is 1. The van der Waals surface area contributed by atoms with Gasteiger partial charge in [0.25, 0.3) is 0 Å². The van der Waals surface area contributed by atoms with Gasteiger partial charge in [0, 0.05) is 19.4 Å². The van der Waals surface area contributed by atoms with Crippen LogP contribution in [0.1, 0.15) is 24.8 Å². The molecule has 0 radical (unpaired) electrons. The molecule has 0 spiro atoms. The van der Waals surface area contributed by atoms with Crippen molar-refractivity contribution in [2.45, 2.75) is 25.8 Å². The first-order valence-corrected chi connectivity index (χ1v) is 5.37. The fourth-order valence-corrected chi connectivity index (χ4v) is 1.82. The predicted molar refractivity (Wildman–Crippen MR) is 60.7 cm³/mol. The predicted octanol–water partition coefficient (Wildman–Crippen LogP) is 1.19. The number of piperidine rings is 1. The number of nitrogens with two attached hydrogens (primary N) is 1. The summed E-state index contributed by atoms with van der Waals surface area (Å²) in [4.78, 5) is 24.5. The molecule has 0 aromatic heterocycles. The van der Waals surface area contributed by atoms with Gasteiger partial charge in [0.05, 0.1) is 5.69 Å². The van der Waals surface area contributed by atoms with Crippen molar-refractivity contribution in [1.82, 2.24) is 0 Å². The van der Waals surface area contributed by atoms with Crippen LogP contribution in [0, 0.1) is 0 Å². The molecule has 2 amide bonds. The lowest BCUT2D eigenvalue weighted by Gasteiger charge is -2.24. The van der Waals surface area contributed by atoms with Crippen molar-refractivity contribution in [3.63, 3.8) is 0 Å². The molecule has 1 aromatic rings. The van der Waals surface area contributed by atoms with Gasteiger partial charge in [0.1, 0.15) is 0 Å². The van der Waals surface area contributed by atoms with E-state index in [4.69, 9.17) is 5.73 Å². The van der Waals surface area contributed by atoms with Crippen LogP contribution in [0.15, 0.2) is 24.3 Å². The van der Waals surface area contributed by atoms with Crippen LogP contribution in [0.3, 0.4) is 0 Å². The summed E-state index contributed by atoms with van der Waals surface area (Å²) in [5.41, 5.74) is 7.12. The molecule has 1 aromatic carbocycles.